The number of allylic oxidation sites excluding steroid dienone is 2. The molecule has 0 aromatic heterocycles. The predicted molar refractivity (Wildman–Crippen MR) is 48.6 cm³/mol. The van der Waals surface area contributed by atoms with E-state index >= 15 is 0 Å². The van der Waals surface area contributed by atoms with Crippen LogP contribution >= 0.6 is 0 Å². The van der Waals surface area contributed by atoms with Crippen LogP contribution in [0.15, 0.2) is 23.4 Å². The third kappa shape index (κ3) is 1.27. The quantitative estimate of drug-likeness (QED) is 0.549. The SMILES string of the molecule is CC1=C2[C@H](O)C[C@](O)(C(=O)[O-])N2[CH]C=C1. The highest BCUT2D eigenvalue weighted by Gasteiger charge is 2.48. The highest BCUT2D eigenvalue weighted by atomic mass is 16.4. The van der Waals surface area contributed by atoms with Crippen molar-refractivity contribution in [3.8, 4) is 0 Å². The molecule has 5 nitrogen and oxygen atoms in total. The zero-order valence-corrected chi connectivity index (χ0v) is 8.17. The molecule has 2 aliphatic heterocycles. The van der Waals surface area contributed by atoms with Crippen LogP contribution in [0.5, 0.6) is 0 Å². The number of carbonyl (C=O) groups is 1. The Morgan fingerprint density at radius 3 is 3.00 bits per heavy atom. The van der Waals surface area contributed by atoms with Crippen LogP contribution < -0.4 is 5.11 Å². The van der Waals surface area contributed by atoms with Crippen LogP contribution in [0.3, 0.4) is 0 Å². The number of carboxylic acids is 1. The fourth-order valence-electron chi connectivity index (χ4n) is 2.02. The van der Waals surface area contributed by atoms with Gasteiger partial charge in [0.1, 0.15) is 0 Å². The van der Waals surface area contributed by atoms with Crippen LogP contribution in [-0.4, -0.2) is 32.9 Å². The monoisotopic (exact) mass is 209 g/mol. The van der Waals surface area contributed by atoms with Gasteiger partial charge in [-0.05, 0) is 12.5 Å². The van der Waals surface area contributed by atoms with Gasteiger partial charge in [-0.1, -0.05) is 12.2 Å². The summed E-state index contributed by atoms with van der Waals surface area (Å²) in [5.74, 6) is -1.60. The van der Waals surface area contributed by atoms with E-state index in [0.29, 0.717) is 5.70 Å². The van der Waals surface area contributed by atoms with E-state index in [1.54, 1.807) is 19.1 Å². The minimum Gasteiger partial charge on any atom is -0.545 e. The molecule has 0 bridgehead atoms. The molecule has 0 unspecified atom stereocenters. The Labute approximate surface area is 86.9 Å². The molecule has 2 atom stereocenters. The largest absolute Gasteiger partial charge is 0.545 e. The summed E-state index contributed by atoms with van der Waals surface area (Å²) < 4.78 is 0. The summed E-state index contributed by atoms with van der Waals surface area (Å²) in [6, 6.07) is 0. The van der Waals surface area contributed by atoms with Crippen LogP contribution in [0.25, 0.3) is 0 Å². The predicted octanol–water partition coefficient (Wildman–Crippen LogP) is -1.50. The Hall–Kier alpha value is -1.33. The van der Waals surface area contributed by atoms with Crippen LogP contribution in [0.2, 0.25) is 0 Å². The van der Waals surface area contributed by atoms with Gasteiger partial charge in [0.05, 0.1) is 18.6 Å². The smallest absolute Gasteiger partial charge is 0.182 e. The number of nitrogens with zero attached hydrogens (tertiary/aromatic N) is 1. The van der Waals surface area contributed by atoms with Crippen molar-refractivity contribution in [1.29, 1.82) is 0 Å². The van der Waals surface area contributed by atoms with Crippen LogP contribution in [0, 0.1) is 6.54 Å². The maximum Gasteiger partial charge on any atom is 0.182 e. The van der Waals surface area contributed by atoms with E-state index in [2.05, 4.69) is 0 Å². The van der Waals surface area contributed by atoms with E-state index in [-0.39, 0.29) is 6.42 Å². The maximum absolute atomic E-state index is 10.8. The number of carboxylic acid groups (broad SMARTS) is 1. The number of hydrogen-bond donors (Lipinski definition) is 2. The van der Waals surface area contributed by atoms with Gasteiger partial charge in [-0.3, -0.25) is 0 Å². The normalized spacial score (nSPS) is 34.6. The first-order chi connectivity index (χ1) is 6.97. The number of hydrogen-bond acceptors (Lipinski definition) is 5. The van der Waals surface area contributed by atoms with Crippen molar-refractivity contribution in [2.45, 2.75) is 25.2 Å². The van der Waals surface area contributed by atoms with Gasteiger partial charge in [0.2, 0.25) is 0 Å². The van der Waals surface area contributed by atoms with E-state index in [9.17, 15) is 20.1 Å². The average Bonchev–Trinajstić information content (AvgIpc) is 2.41. The van der Waals surface area contributed by atoms with Crippen LogP contribution in [-0.2, 0) is 4.79 Å². The average molecular weight is 209 g/mol. The Bertz CT molecular complexity index is 374. The van der Waals surface area contributed by atoms with Gasteiger partial charge in [0, 0.05) is 12.1 Å². The molecule has 5 heteroatoms. The van der Waals surface area contributed by atoms with Crippen molar-refractivity contribution in [3.63, 3.8) is 0 Å². The van der Waals surface area contributed by atoms with Gasteiger partial charge >= 0.3 is 0 Å². The zero-order chi connectivity index (χ0) is 11.2. The Morgan fingerprint density at radius 2 is 2.40 bits per heavy atom. The summed E-state index contributed by atoms with van der Waals surface area (Å²) in [6.45, 7) is 3.17. The highest BCUT2D eigenvalue weighted by Crippen LogP contribution is 2.39. The maximum atomic E-state index is 10.8. The molecule has 2 heterocycles. The number of carbonyl (C=O) groups excluding carboxylic acids is 1. The van der Waals surface area contributed by atoms with Gasteiger partial charge in [-0.25, -0.2) is 0 Å². The first-order valence-electron chi connectivity index (χ1n) is 4.60. The lowest BCUT2D eigenvalue weighted by molar-refractivity contribution is -0.332. The lowest BCUT2D eigenvalue weighted by Crippen LogP contribution is -2.55. The summed E-state index contributed by atoms with van der Waals surface area (Å²) in [7, 11) is 0. The molecular formula is C10H11NO4-. The lowest BCUT2D eigenvalue weighted by atomic mass is 10.1. The molecule has 81 valence electrons. The Morgan fingerprint density at radius 1 is 1.73 bits per heavy atom. The number of fused-ring (bicyclic) bond motifs is 1. The van der Waals surface area contributed by atoms with Gasteiger partial charge in [-0.15, -0.1) is 0 Å². The highest BCUT2D eigenvalue weighted by molar-refractivity contribution is 5.76. The van der Waals surface area contributed by atoms with E-state index in [1.165, 1.54) is 6.54 Å². The molecule has 0 saturated carbocycles. The van der Waals surface area contributed by atoms with Gasteiger partial charge in [-0.2, -0.15) is 0 Å². The summed E-state index contributed by atoms with van der Waals surface area (Å²) >= 11 is 0. The molecule has 1 fully saturated rings. The van der Waals surface area contributed by atoms with Crippen molar-refractivity contribution in [2.24, 2.45) is 0 Å². The molecule has 2 aliphatic rings. The van der Waals surface area contributed by atoms with Crippen molar-refractivity contribution >= 4 is 5.97 Å². The number of aliphatic hydroxyl groups excluding tert-OH is 1. The van der Waals surface area contributed by atoms with Gasteiger partial charge in [0.15, 0.2) is 5.72 Å². The molecule has 2 N–H and O–H groups in total. The van der Waals surface area contributed by atoms with E-state index in [0.717, 1.165) is 10.5 Å². The third-order valence-corrected chi connectivity index (χ3v) is 2.76. The van der Waals surface area contributed by atoms with Crippen molar-refractivity contribution in [2.75, 3.05) is 0 Å². The lowest BCUT2D eigenvalue weighted by Gasteiger charge is -2.36. The Kier molecular flexibility index (Phi) is 2.09. The molecule has 15 heavy (non-hydrogen) atoms. The molecule has 0 spiro atoms. The van der Waals surface area contributed by atoms with Crippen molar-refractivity contribution in [1.82, 2.24) is 4.90 Å². The minimum atomic E-state index is -2.14. The molecular weight excluding hydrogens is 198 g/mol. The standard InChI is InChI=1S/C10H12NO4/c1-6-3-2-4-11-8(6)7(12)5-10(11,15)9(13)14/h2-4,7,12,15H,5H2,1H3,(H,13,14)/p-1/t7-,10+/m1/s1. The Balaban J connectivity index is 2.47. The van der Waals surface area contributed by atoms with Crippen LogP contribution in [0.1, 0.15) is 13.3 Å². The third-order valence-electron chi connectivity index (χ3n) is 2.76. The molecule has 2 rings (SSSR count). The van der Waals surface area contributed by atoms with Crippen molar-refractivity contribution < 1.29 is 20.1 Å². The molecule has 1 saturated heterocycles. The van der Waals surface area contributed by atoms with Gasteiger partial charge < -0.3 is 25.0 Å². The fraction of sp³-hybridized carbons (Fsp3) is 0.400. The first kappa shape index (κ1) is 10.2. The van der Waals surface area contributed by atoms with Crippen LogP contribution in [0.4, 0.5) is 0 Å². The summed E-state index contributed by atoms with van der Waals surface area (Å²) in [5, 5.41) is 30.4. The second kappa shape index (κ2) is 3.08. The van der Waals surface area contributed by atoms with Gasteiger partial charge in [0.25, 0.3) is 0 Å². The zero-order valence-electron chi connectivity index (χ0n) is 8.17. The van der Waals surface area contributed by atoms with E-state index in [1.807, 2.05) is 0 Å². The second-order valence-corrected chi connectivity index (χ2v) is 3.77. The number of rotatable bonds is 1. The molecule has 1 radical (unpaired) electrons. The minimum absolute atomic E-state index is 0.278. The summed E-state index contributed by atoms with van der Waals surface area (Å²) in [4.78, 5) is 12.0. The number of aliphatic carboxylic acids is 1. The van der Waals surface area contributed by atoms with E-state index in [4.69, 9.17) is 0 Å². The molecule has 0 aromatic rings. The number of aliphatic hydroxyl groups is 2. The molecule has 0 aromatic carbocycles. The topological polar surface area (TPSA) is 83.8 Å². The summed E-state index contributed by atoms with van der Waals surface area (Å²) in [5.41, 5.74) is -0.979. The molecule has 0 aliphatic carbocycles. The van der Waals surface area contributed by atoms with E-state index < -0.39 is 17.8 Å². The first-order valence-corrected chi connectivity index (χ1v) is 4.60. The molecule has 0 amide bonds. The fourth-order valence-corrected chi connectivity index (χ4v) is 2.02. The summed E-state index contributed by atoms with van der Waals surface area (Å²) in [6.07, 6.45) is 2.11. The van der Waals surface area contributed by atoms with Crippen molar-refractivity contribution in [3.05, 3.63) is 30.0 Å². The second-order valence-electron chi connectivity index (χ2n) is 3.77.